The van der Waals surface area contributed by atoms with Crippen molar-refractivity contribution in [2.45, 2.75) is 32.7 Å². The van der Waals surface area contributed by atoms with Crippen molar-refractivity contribution >= 4 is 28.8 Å². The lowest BCUT2D eigenvalue weighted by Gasteiger charge is -2.19. The second-order valence-corrected chi connectivity index (χ2v) is 8.46. The Kier molecular flexibility index (Phi) is 5.25. The van der Waals surface area contributed by atoms with E-state index in [1.807, 2.05) is 0 Å². The predicted molar refractivity (Wildman–Crippen MR) is 138 cm³/mol. The molecule has 0 spiro atoms. The molecule has 192 valence electrons. The van der Waals surface area contributed by atoms with Gasteiger partial charge in [0.25, 0.3) is 0 Å². The molecule has 0 bridgehead atoms. The van der Waals surface area contributed by atoms with Gasteiger partial charge >= 0.3 is 0 Å². The zero-order chi connectivity index (χ0) is 31.7. The third-order valence-corrected chi connectivity index (χ3v) is 5.35. The van der Waals surface area contributed by atoms with Crippen LogP contribution >= 0.6 is 0 Å². The number of nitrogens with zero attached hydrogens (tertiary/aromatic N) is 5. The first-order valence-corrected chi connectivity index (χ1v) is 11.0. The molecule has 0 atom stereocenters. The largest absolute Gasteiger partial charge is 0.494 e. The summed E-state index contributed by atoms with van der Waals surface area (Å²) in [6.45, 7) is -2.24. The molecule has 0 radical (unpaired) electrons. The Morgan fingerprint density at radius 1 is 1.19 bits per heavy atom. The van der Waals surface area contributed by atoms with Crippen LogP contribution in [0.1, 0.15) is 51.3 Å². The monoisotopic (exact) mass is 511 g/mol. The lowest BCUT2D eigenvalue weighted by atomic mass is 10.0. The summed E-state index contributed by atoms with van der Waals surface area (Å²) in [6, 6.07) is 9.07. The zero-order valence-electron chi connectivity index (χ0n) is 26.2. The molecule has 37 heavy (non-hydrogen) atoms. The number of ether oxygens (including phenoxy) is 1. The molecule has 0 saturated carbocycles. The summed E-state index contributed by atoms with van der Waals surface area (Å²) in [5.74, 6) is -1.15. The molecule has 3 heterocycles. The molecular formula is C26H28FN7O3. The highest BCUT2D eigenvalue weighted by molar-refractivity contribution is 6.02. The van der Waals surface area contributed by atoms with Crippen LogP contribution in [0.2, 0.25) is 0 Å². The number of halogens is 1. The fraction of sp³-hybridized carbons (Fsp3) is 0.269. The number of pyridine rings is 2. The van der Waals surface area contributed by atoms with Crippen LogP contribution in [0.25, 0.3) is 11.4 Å². The molecule has 3 N–H and O–H groups in total. The predicted octanol–water partition coefficient (Wildman–Crippen LogP) is 4.73. The molecule has 0 unspecified atom stereocenters. The van der Waals surface area contributed by atoms with E-state index in [1.165, 1.54) is 45.4 Å². The fourth-order valence-corrected chi connectivity index (χ4v) is 3.60. The van der Waals surface area contributed by atoms with Crippen molar-refractivity contribution in [2.75, 3.05) is 17.7 Å². The quantitative estimate of drug-likeness (QED) is 0.216. The van der Waals surface area contributed by atoms with Gasteiger partial charge in [-0.2, -0.15) is 9.49 Å². The average Bonchev–Trinajstić information content (AvgIpc) is 3.38. The Morgan fingerprint density at radius 3 is 2.70 bits per heavy atom. The number of methoxy groups -OCH3 is 1. The van der Waals surface area contributed by atoms with Gasteiger partial charge in [0.2, 0.25) is 5.95 Å². The normalized spacial score (nSPS) is 14.4. The van der Waals surface area contributed by atoms with Crippen LogP contribution in [0.5, 0.6) is 5.75 Å². The van der Waals surface area contributed by atoms with Gasteiger partial charge in [0.15, 0.2) is 17.4 Å². The van der Waals surface area contributed by atoms with Gasteiger partial charge in [0.1, 0.15) is 18.0 Å². The molecule has 4 rings (SSSR count). The lowest BCUT2D eigenvalue weighted by Crippen LogP contribution is -2.18. The number of ketones is 1. The average molecular weight is 512 g/mol. The van der Waals surface area contributed by atoms with E-state index in [4.69, 9.17) is 13.0 Å². The number of aliphatic hydroxyl groups is 1. The molecule has 10 nitrogen and oxygen atoms in total. The first kappa shape index (κ1) is 18.8. The molecule has 0 amide bonds. The number of benzene rings is 1. The molecule has 0 saturated heterocycles. The molecule has 0 aliphatic heterocycles. The van der Waals surface area contributed by atoms with Gasteiger partial charge in [-0.1, -0.05) is 12.9 Å². The van der Waals surface area contributed by atoms with Crippen molar-refractivity contribution in [1.82, 2.24) is 24.7 Å². The Labute approximate surface area is 222 Å². The van der Waals surface area contributed by atoms with E-state index < -0.39 is 37.6 Å². The Bertz CT molecular complexity index is 1650. The molecule has 4 aromatic rings. The van der Waals surface area contributed by atoms with E-state index in [1.54, 1.807) is 18.2 Å². The maximum Gasteiger partial charge on any atom is 0.220 e. The van der Waals surface area contributed by atoms with Crippen molar-refractivity contribution in [1.29, 1.82) is 0 Å². The van der Waals surface area contributed by atoms with Crippen LogP contribution in [-0.4, -0.2) is 42.7 Å². The zero-order valence-corrected chi connectivity index (χ0v) is 20.2. The smallest absolute Gasteiger partial charge is 0.220 e. The number of carbonyl (C=O) groups is 1. The molecule has 0 aliphatic rings. The first-order valence-electron chi connectivity index (χ1n) is 14.0. The molecular weight excluding hydrogens is 477 g/mol. The summed E-state index contributed by atoms with van der Waals surface area (Å²) in [4.78, 5) is 25.1. The van der Waals surface area contributed by atoms with Crippen LogP contribution < -0.4 is 15.4 Å². The highest BCUT2D eigenvalue weighted by atomic mass is 19.1. The van der Waals surface area contributed by atoms with Crippen LogP contribution in [0.4, 0.5) is 27.4 Å². The van der Waals surface area contributed by atoms with E-state index in [2.05, 4.69) is 30.7 Å². The summed E-state index contributed by atoms with van der Waals surface area (Å²) in [7, 11) is 1.38. The van der Waals surface area contributed by atoms with Crippen molar-refractivity contribution in [3.63, 3.8) is 0 Å². The summed E-state index contributed by atoms with van der Waals surface area (Å²) in [5.41, 5.74) is -0.728. The number of nitrogens with one attached hydrogen (secondary N) is 2. The summed E-state index contributed by atoms with van der Waals surface area (Å²) < 4.78 is 66.1. The van der Waals surface area contributed by atoms with Gasteiger partial charge < -0.3 is 20.5 Å². The Morgan fingerprint density at radius 2 is 2.03 bits per heavy atom. The highest BCUT2D eigenvalue weighted by Crippen LogP contribution is 2.37. The number of carbonyl (C=O) groups excluding carboxylic acids is 1. The third-order valence-electron chi connectivity index (χ3n) is 5.35. The van der Waals surface area contributed by atoms with Crippen LogP contribution in [0.15, 0.2) is 48.9 Å². The van der Waals surface area contributed by atoms with Crippen molar-refractivity contribution in [3.05, 3.63) is 66.0 Å². The topological polar surface area (TPSA) is 127 Å². The first-order chi connectivity index (χ1) is 20.0. The van der Waals surface area contributed by atoms with Crippen molar-refractivity contribution in [3.8, 4) is 17.1 Å². The fourth-order valence-electron chi connectivity index (χ4n) is 3.60. The maximum absolute atomic E-state index is 14.6. The molecule has 11 heteroatoms. The Balaban J connectivity index is 1.75. The number of rotatable bonds is 9. The lowest BCUT2D eigenvalue weighted by molar-refractivity contribution is 0.0737. The number of aryl methyl sites for hydroxylation is 1. The number of aromatic nitrogens is 5. The molecule has 1 aromatic carbocycles. The van der Waals surface area contributed by atoms with Crippen LogP contribution in [-0.2, 0) is 12.6 Å². The van der Waals surface area contributed by atoms with Crippen molar-refractivity contribution < 1.29 is 27.3 Å². The van der Waals surface area contributed by atoms with E-state index in [0.717, 1.165) is 11.0 Å². The number of hydrogen-bond donors (Lipinski definition) is 3. The van der Waals surface area contributed by atoms with E-state index in [0.29, 0.717) is 11.3 Å². The second-order valence-electron chi connectivity index (χ2n) is 8.46. The van der Waals surface area contributed by atoms with Crippen LogP contribution in [0.3, 0.4) is 0 Å². The van der Waals surface area contributed by atoms with Gasteiger partial charge in [0, 0.05) is 39.4 Å². The second kappa shape index (κ2) is 10.3. The van der Waals surface area contributed by atoms with Gasteiger partial charge in [-0.05, 0) is 38.1 Å². The van der Waals surface area contributed by atoms with Crippen molar-refractivity contribution in [2.24, 2.45) is 6.98 Å². The standard InChI is InChI=1S/C26H28FN7O3/c1-6-20(35)16-13-28-22(31-21-11-10-17(24(27)32-21)26(2,3)36)12-19(16)30-18-9-7-8-15(23(18)37-5)25-29-14-34(4)33-25/h7-14,36H,6H2,1-5H3,(H2,28,30,31,32)/i1D3,4D3. The Hall–Kier alpha value is -4.38. The number of para-hydroxylation sites is 1. The van der Waals surface area contributed by atoms with Gasteiger partial charge in [-0.25, -0.2) is 15.0 Å². The summed E-state index contributed by atoms with van der Waals surface area (Å²) >= 11 is 0. The van der Waals surface area contributed by atoms with Gasteiger partial charge in [0.05, 0.1) is 35.2 Å². The minimum absolute atomic E-state index is 0.0101. The highest BCUT2D eigenvalue weighted by Gasteiger charge is 2.22. The summed E-state index contributed by atoms with van der Waals surface area (Å²) in [6.07, 6.45) is 1.49. The summed E-state index contributed by atoms with van der Waals surface area (Å²) in [5, 5.41) is 20.0. The SMILES string of the molecule is [2H]C([2H])([2H])CC(=O)c1cnc(Nc2ccc(C(C)(C)O)c(F)n2)cc1Nc1cccc(-c2ncn(C([2H])([2H])[2H])n2)c1OC. The molecule has 3 aromatic heterocycles. The van der Waals surface area contributed by atoms with Gasteiger partial charge in [-0.15, -0.1) is 0 Å². The van der Waals surface area contributed by atoms with Gasteiger partial charge in [-0.3, -0.25) is 9.48 Å². The van der Waals surface area contributed by atoms with Crippen LogP contribution in [0, 0.1) is 5.95 Å². The van der Waals surface area contributed by atoms with E-state index >= 15 is 0 Å². The molecule has 0 aliphatic carbocycles. The third kappa shape index (κ3) is 5.56. The van der Waals surface area contributed by atoms with E-state index in [9.17, 15) is 14.3 Å². The molecule has 0 fully saturated rings. The maximum atomic E-state index is 14.6. The minimum atomic E-state index is -2.54. The minimum Gasteiger partial charge on any atom is -0.494 e. The van der Waals surface area contributed by atoms with E-state index in [-0.39, 0.29) is 40.0 Å². The number of anilines is 4. The number of Topliss-reactive ketones (excluding diaryl/α,β-unsaturated/α-hetero) is 1. The number of hydrogen-bond acceptors (Lipinski definition) is 9.